The number of terminal acetylenes is 1. The van der Waals surface area contributed by atoms with Crippen molar-refractivity contribution in [3.05, 3.63) is 0 Å². The van der Waals surface area contributed by atoms with Crippen molar-refractivity contribution < 1.29 is 4.28 Å². The van der Waals surface area contributed by atoms with Crippen LogP contribution in [0.2, 0.25) is 0 Å². The highest BCUT2D eigenvalue weighted by Crippen LogP contribution is 2.12. The monoisotopic (exact) mass is 284 g/mol. The molecular formula is C11H20N6OS. The maximum Gasteiger partial charge on any atom is 0.257 e. The van der Waals surface area contributed by atoms with Crippen LogP contribution in [-0.4, -0.2) is 35.1 Å². The van der Waals surface area contributed by atoms with Gasteiger partial charge in [-0.15, -0.1) is 6.42 Å². The molecule has 0 amide bonds. The van der Waals surface area contributed by atoms with Gasteiger partial charge in [-0.25, -0.2) is 9.35 Å². The fourth-order valence-electron chi connectivity index (χ4n) is 0.988. The quantitative estimate of drug-likeness (QED) is 0.317. The number of nitrogens with zero attached hydrogens (tertiary/aromatic N) is 4. The molecule has 19 heavy (non-hydrogen) atoms. The molecule has 0 bridgehead atoms. The van der Waals surface area contributed by atoms with Crippen molar-refractivity contribution in [3.63, 3.8) is 0 Å². The van der Waals surface area contributed by atoms with Gasteiger partial charge in [0.15, 0.2) is 0 Å². The smallest absolute Gasteiger partial charge is 0.257 e. The normalized spacial score (nSPS) is 8.84. The second-order valence-electron chi connectivity index (χ2n) is 2.95. The largest absolute Gasteiger partial charge is 0.354 e. The van der Waals surface area contributed by atoms with Crippen LogP contribution in [0.1, 0.15) is 20.8 Å². The summed E-state index contributed by atoms with van der Waals surface area (Å²) in [4.78, 5) is 12.4. The molecule has 0 radical (unpaired) electrons. The van der Waals surface area contributed by atoms with E-state index in [-0.39, 0.29) is 0 Å². The van der Waals surface area contributed by atoms with Crippen LogP contribution in [0, 0.1) is 12.3 Å². The molecule has 0 aliphatic rings. The Bertz CT molecular complexity index is 409. The van der Waals surface area contributed by atoms with Crippen LogP contribution in [0.15, 0.2) is 0 Å². The molecule has 7 nitrogen and oxygen atoms in total. The lowest BCUT2D eigenvalue weighted by atomic mass is 10.6. The molecule has 106 valence electrons. The van der Waals surface area contributed by atoms with Crippen molar-refractivity contribution >= 4 is 30.8 Å². The van der Waals surface area contributed by atoms with Crippen LogP contribution in [0.5, 0.6) is 0 Å². The first-order chi connectivity index (χ1) is 9.21. The molecule has 8 heteroatoms. The van der Waals surface area contributed by atoms with Gasteiger partial charge in [-0.2, -0.15) is 15.0 Å². The lowest BCUT2D eigenvalue weighted by Crippen LogP contribution is -2.19. The Morgan fingerprint density at radius 1 is 1.26 bits per heavy atom. The van der Waals surface area contributed by atoms with Gasteiger partial charge in [0.2, 0.25) is 11.9 Å². The highest BCUT2D eigenvalue weighted by atomic mass is 32.1. The Morgan fingerprint density at radius 3 is 2.32 bits per heavy atom. The molecule has 0 aliphatic heterocycles. The summed E-state index contributed by atoms with van der Waals surface area (Å²) in [7, 11) is 1.63. The van der Waals surface area contributed by atoms with E-state index in [1.165, 1.54) is 5.06 Å². The minimum absolute atomic E-state index is 0.325. The number of aromatic nitrogens is 3. The standard InChI is InChI=1S/C9H14N6OS.C2H6/c1-4-6-11-8-12-7(10-5-2)13-9(14-8)15(3)16-17;1-2/h1,17H,5-6H2,2-3H3,(H2,10,11,12,13,14);1-2H3. The highest BCUT2D eigenvalue weighted by Gasteiger charge is 2.09. The molecule has 0 unspecified atom stereocenters. The van der Waals surface area contributed by atoms with E-state index in [0.29, 0.717) is 30.9 Å². The number of rotatable bonds is 6. The number of anilines is 3. The first-order valence-electron chi connectivity index (χ1n) is 5.93. The highest BCUT2D eigenvalue weighted by molar-refractivity contribution is 7.75. The Balaban J connectivity index is 0.00000154. The number of nitrogens with one attached hydrogen (secondary N) is 2. The number of thiol groups is 1. The molecule has 1 rings (SSSR count). The topological polar surface area (TPSA) is 75.2 Å². The second-order valence-corrected chi connectivity index (χ2v) is 3.11. The summed E-state index contributed by atoms with van der Waals surface area (Å²) < 4.78 is 4.71. The molecular weight excluding hydrogens is 264 g/mol. The maximum atomic E-state index is 5.15. The van der Waals surface area contributed by atoms with E-state index in [1.54, 1.807) is 7.05 Å². The third-order valence-electron chi connectivity index (χ3n) is 1.71. The molecule has 0 fully saturated rings. The summed E-state index contributed by atoms with van der Waals surface area (Å²) in [5, 5.41) is 7.15. The zero-order chi connectivity index (χ0) is 14.7. The maximum absolute atomic E-state index is 5.15. The van der Waals surface area contributed by atoms with Gasteiger partial charge in [-0.1, -0.05) is 19.8 Å². The molecule has 0 spiro atoms. The van der Waals surface area contributed by atoms with E-state index in [4.69, 9.17) is 10.7 Å². The van der Waals surface area contributed by atoms with Gasteiger partial charge in [0.05, 0.1) is 6.54 Å². The molecule has 1 aromatic heterocycles. The molecule has 1 aromatic rings. The van der Waals surface area contributed by atoms with E-state index in [2.05, 4.69) is 44.4 Å². The molecule has 0 atom stereocenters. The third kappa shape index (κ3) is 6.13. The molecule has 0 aromatic carbocycles. The van der Waals surface area contributed by atoms with E-state index in [9.17, 15) is 0 Å². The second kappa shape index (κ2) is 10.2. The van der Waals surface area contributed by atoms with Crippen molar-refractivity contribution in [2.45, 2.75) is 20.8 Å². The fourth-order valence-corrected chi connectivity index (χ4v) is 1.06. The van der Waals surface area contributed by atoms with Gasteiger partial charge >= 0.3 is 0 Å². The molecule has 0 aliphatic carbocycles. The van der Waals surface area contributed by atoms with E-state index >= 15 is 0 Å². The first-order valence-corrected chi connectivity index (χ1v) is 6.30. The molecule has 1 heterocycles. The summed E-state index contributed by atoms with van der Waals surface area (Å²) >= 11 is 3.67. The summed E-state index contributed by atoms with van der Waals surface area (Å²) in [6, 6.07) is 0. The predicted octanol–water partition coefficient (Wildman–Crippen LogP) is 1.59. The lowest BCUT2D eigenvalue weighted by molar-refractivity contribution is 0.358. The van der Waals surface area contributed by atoms with Gasteiger partial charge in [-0.05, 0) is 6.92 Å². The predicted molar refractivity (Wildman–Crippen MR) is 81.1 cm³/mol. The van der Waals surface area contributed by atoms with Gasteiger partial charge < -0.3 is 10.6 Å². The summed E-state index contributed by atoms with van der Waals surface area (Å²) in [6.45, 7) is 6.97. The minimum Gasteiger partial charge on any atom is -0.354 e. The summed E-state index contributed by atoms with van der Waals surface area (Å²) in [6.07, 6.45) is 5.15. The van der Waals surface area contributed by atoms with Crippen LogP contribution in [0.3, 0.4) is 0 Å². The Hall–Kier alpha value is -1.72. The van der Waals surface area contributed by atoms with Gasteiger partial charge in [-0.3, -0.25) is 0 Å². The number of hydroxylamine groups is 1. The van der Waals surface area contributed by atoms with Crippen molar-refractivity contribution in [1.29, 1.82) is 0 Å². The van der Waals surface area contributed by atoms with E-state index in [0.717, 1.165) is 0 Å². The van der Waals surface area contributed by atoms with Crippen LogP contribution < -0.4 is 15.7 Å². The minimum atomic E-state index is 0.325. The van der Waals surface area contributed by atoms with Crippen LogP contribution in [-0.2, 0) is 4.28 Å². The van der Waals surface area contributed by atoms with Crippen molar-refractivity contribution in [1.82, 2.24) is 15.0 Å². The van der Waals surface area contributed by atoms with Gasteiger partial charge in [0.25, 0.3) is 5.95 Å². The van der Waals surface area contributed by atoms with Crippen molar-refractivity contribution in [3.8, 4) is 12.3 Å². The van der Waals surface area contributed by atoms with Gasteiger partial charge in [0, 0.05) is 26.5 Å². The van der Waals surface area contributed by atoms with Gasteiger partial charge in [0.1, 0.15) is 0 Å². The number of hydrogen-bond acceptors (Lipinski definition) is 8. The number of hydrogen-bond donors (Lipinski definition) is 3. The zero-order valence-electron chi connectivity index (χ0n) is 11.6. The third-order valence-corrected chi connectivity index (χ3v) is 1.96. The SMILES string of the molecule is C#CCNc1nc(NCC)nc(N(C)OS)n1.CC. The van der Waals surface area contributed by atoms with E-state index < -0.39 is 0 Å². The zero-order valence-corrected chi connectivity index (χ0v) is 12.5. The van der Waals surface area contributed by atoms with Crippen molar-refractivity contribution in [2.75, 3.05) is 35.8 Å². The first kappa shape index (κ1) is 17.3. The average molecular weight is 284 g/mol. The lowest BCUT2D eigenvalue weighted by Gasteiger charge is -2.14. The van der Waals surface area contributed by atoms with Crippen LogP contribution in [0.4, 0.5) is 17.8 Å². The molecule has 0 saturated heterocycles. The molecule has 0 saturated carbocycles. The Kier molecular flexibility index (Phi) is 9.30. The van der Waals surface area contributed by atoms with E-state index in [1.807, 2.05) is 20.8 Å². The Labute approximate surface area is 119 Å². The molecule has 2 N–H and O–H groups in total. The van der Waals surface area contributed by atoms with Crippen LogP contribution in [0.25, 0.3) is 0 Å². The summed E-state index contributed by atoms with van der Waals surface area (Å²) in [5.74, 6) is 3.58. The summed E-state index contributed by atoms with van der Waals surface area (Å²) in [5.41, 5.74) is 0. The Morgan fingerprint density at radius 2 is 1.84 bits per heavy atom. The average Bonchev–Trinajstić information content (AvgIpc) is 2.46. The van der Waals surface area contributed by atoms with Crippen molar-refractivity contribution in [2.24, 2.45) is 0 Å². The fraction of sp³-hybridized carbons (Fsp3) is 0.545. The van der Waals surface area contributed by atoms with Crippen LogP contribution >= 0.6 is 12.9 Å².